The monoisotopic (exact) mass is 582 g/mol. The van der Waals surface area contributed by atoms with Gasteiger partial charge in [0.15, 0.2) is 0 Å². The summed E-state index contributed by atoms with van der Waals surface area (Å²) in [7, 11) is 3.19. The van der Waals surface area contributed by atoms with Crippen molar-refractivity contribution in [3.05, 3.63) is 125 Å². The molecule has 0 atom stereocenters. The second-order valence-corrected chi connectivity index (χ2v) is 9.95. The van der Waals surface area contributed by atoms with Crippen LogP contribution in [0.1, 0.15) is 16.8 Å². The number of urea groups is 1. The average molecular weight is 583 g/mol. The van der Waals surface area contributed by atoms with Crippen LogP contribution in [0, 0.1) is 6.92 Å². The molecule has 1 heterocycles. The molecular weight excluding hydrogens is 552 g/mol. The van der Waals surface area contributed by atoms with Crippen LogP contribution in [0.25, 0.3) is 5.69 Å². The number of methoxy groups -OCH3 is 2. The molecule has 0 radical (unpaired) electrons. The molecule has 1 N–H and O–H groups in total. The summed E-state index contributed by atoms with van der Waals surface area (Å²) in [6.45, 7) is 2.47. The van der Waals surface area contributed by atoms with E-state index in [1.165, 1.54) is 0 Å². The number of aromatic nitrogens is 2. The van der Waals surface area contributed by atoms with Crippen LogP contribution in [0.2, 0.25) is 5.02 Å². The van der Waals surface area contributed by atoms with E-state index in [4.69, 9.17) is 30.9 Å². The van der Waals surface area contributed by atoms with E-state index in [0.717, 1.165) is 16.8 Å². The van der Waals surface area contributed by atoms with Crippen molar-refractivity contribution in [3.63, 3.8) is 0 Å². The Kier molecular flexibility index (Phi) is 8.94. The fourth-order valence-electron chi connectivity index (χ4n) is 4.50. The number of hydrogen-bond acceptors (Lipinski definition) is 5. The number of anilines is 1. The van der Waals surface area contributed by atoms with Crippen LogP contribution < -0.4 is 19.5 Å². The largest absolute Gasteiger partial charge is 0.497 e. The van der Waals surface area contributed by atoms with E-state index >= 15 is 0 Å². The van der Waals surface area contributed by atoms with E-state index in [1.807, 2.05) is 91.9 Å². The molecule has 5 rings (SSSR count). The first-order chi connectivity index (χ1) is 20.4. The molecule has 42 heavy (non-hydrogen) atoms. The third-order valence-electron chi connectivity index (χ3n) is 6.67. The predicted molar refractivity (Wildman–Crippen MR) is 164 cm³/mol. The maximum Gasteiger partial charge on any atom is 0.322 e. The van der Waals surface area contributed by atoms with Gasteiger partial charge in [-0.25, -0.2) is 9.48 Å². The number of nitrogens with zero attached hydrogens (tertiary/aromatic N) is 3. The van der Waals surface area contributed by atoms with Gasteiger partial charge in [0.25, 0.3) is 0 Å². The van der Waals surface area contributed by atoms with Gasteiger partial charge in [-0.15, -0.1) is 0 Å². The Hall–Kier alpha value is -4.95. The van der Waals surface area contributed by atoms with Gasteiger partial charge in [0, 0.05) is 11.6 Å². The summed E-state index contributed by atoms with van der Waals surface area (Å²) in [5, 5.41) is 8.39. The Bertz CT molecular complexity index is 1650. The number of ether oxygens (including phenoxy) is 3. The van der Waals surface area contributed by atoms with Crippen LogP contribution in [0.15, 0.2) is 103 Å². The van der Waals surface area contributed by atoms with E-state index in [9.17, 15) is 4.79 Å². The smallest absolute Gasteiger partial charge is 0.322 e. The number of rotatable bonds is 10. The molecular formula is C33H31ClN4O4. The van der Waals surface area contributed by atoms with Gasteiger partial charge >= 0.3 is 6.03 Å². The maximum absolute atomic E-state index is 13.8. The Morgan fingerprint density at radius 2 is 1.57 bits per heavy atom. The van der Waals surface area contributed by atoms with Gasteiger partial charge in [-0.05, 0) is 67.1 Å². The lowest BCUT2D eigenvalue weighted by molar-refractivity contribution is 0.205. The van der Waals surface area contributed by atoms with E-state index in [-0.39, 0.29) is 12.6 Å². The number of hydrogen-bond donors (Lipinski definition) is 1. The summed E-state index contributed by atoms with van der Waals surface area (Å²) in [5.74, 6) is 2.35. The number of nitrogens with one attached hydrogen (secondary N) is 1. The second-order valence-electron chi connectivity index (χ2n) is 9.51. The lowest BCUT2D eigenvalue weighted by Crippen LogP contribution is -2.34. The molecule has 0 aliphatic heterocycles. The first-order valence-corrected chi connectivity index (χ1v) is 13.7. The van der Waals surface area contributed by atoms with Gasteiger partial charge in [-0.3, -0.25) is 0 Å². The fourth-order valence-corrected chi connectivity index (χ4v) is 4.68. The molecule has 1 aromatic heterocycles. The molecule has 0 saturated heterocycles. The van der Waals surface area contributed by atoms with Gasteiger partial charge in [0.05, 0.1) is 43.4 Å². The lowest BCUT2D eigenvalue weighted by Gasteiger charge is -2.24. The summed E-state index contributed by atoms with van der Waals surface area (Å²) < 4.78 is 18.9. The van der Waals surface area contributed by atoms with Gasteiger partial charge in [0.2, 0.25) is 5.88 Å². The highest BCUT2D eigenvalue weighted by molar-refractivity contribution is 6.30. The molecule has 214 valence electrons. The third kappa shape index (κ3) is 6.67. The summed E-state index contributed by atoms with van der Waals surface area (Å²) >= 11 is 6.34. The Morgan fingerprint density at radius 1 is 0.857 bits per heavy atom. The van der Waals surface area contributed by atoms with Crippen molar-refractivity contribution in [1.82, 2.24) is 14.7 Å². The van der Waals surface area contributed by atoms with Gasteiger partial charge in [-0.2, -0.15) is 5.10 Å². The first kappa shape index (κ1) is 28.6. The number of carbonyl (C=O) groups is 1. The van der Waals surface area contributed by atoms with E-state index in [0.29, 0.717) is 46.1 Å². The van der Waals surface area contributed by atoms with E-state index < -0.39 is 0 Å². The van der Waals surface area contributed by atoms with Gasteiger partial charge in [0.1, 0.15) is 17.2 Å². The zero-order valence-electron chi connectivity index (χ0n) is 23.6. The number of carbonyl (C=O) groups excluding carboxylic acids is 1. The van der Waals surface area contributed by atoms with Crippen LogP contribution in [0.5, 0.6) is 23.1 Å². The van der Waals surface area contributed by atoms with E-state index in [1.54, 1.807) is 42.0 Å². The summed E-state index contributed by atoms with van der Waals surface area (Å²) in [6, 6.07) is 31.5. The molecule has 9 heteroatoms. The van der Waals surface area contributed by atoms with Crippen molar-refractivity contribution in [3.8, 4) is 28.8 Å². The highest BCUT2D eigenvalue weighted by Gasteiger charge is 2.25. The minimum Gasteiger partial charge on any atom is -0.497 e. The predicted octanol–water partition coefficient (Wildman–Crippen LogP) is 7.88. The van der Waals surface area contributed by atoms with Crippen molar-refractivity contribution in [2.24, 2.45) is 0 Å². The Balaban J connectivity index is 1.55. The number of halogens is 1. The van der Waals surface area contributed by atoms with Crippen molar-refractivity contribution < 1.29 is 19.0 Å². The molecule has 0 spiro atoms. The minimum absolute atomic E-state index is 0.216. The molecule has 0 aliphatic carbocycles. The Morgan fingerprint density at radius 3 is 2.29 bits per heavy atom. The van der Waals surface area contributed by atoms with E-state index in [2.05, 4.69) is 5.32 Å². The van der Waals surface area contributed by atoms with Gasteiger partial charge < -0.3 is 24.4 Å². The molecule has 0 bridgehead atoms. The normalized spacial score (nSPS) is 10.7. The topological polar surface area (TPSA) is 77.8 Å². The standard InChI is InChI=1S/C33H31ClN4O4/c1-23-29(22-37(21-24-10-5-4-6-11-24)33(39)35-30-14-7-8-15-31(30)41-3)32(42-28-18-16-27(40-2)17-19-28)38(36-23)26-13-9-12-25(34)20-26/h4-20H,21-22H2,1-3H3,(H,35,39). The van der Waals surface area contributed by atoms with Crippen molar-refractivity contribution in [1.29, 1.82) is 0 Å². The highest BCUT2D eigenvalue weighted by atomic mass is 35.5. The molecule has 4 aromatic carbocycles. The van der Waals surface area contributed by atoms with Crippen LogP contribution in [0.3, 0.4) is 0 Å². The zero-order chi connectivity index (χ0) is 29.5. The number of para-hydroxylation sites is 2. The van der Waals surface area contributed by atoms with Crippen molar-refractivity contribution in [2.45, 2.75) is 20.0 Å². The van der Waals surface area contributed by atoms with Gasteiger partial charge in [-0.1, -0.05) is 60.1 Å². The summed E-state index contributed by atoms with van der Waals surface area (Å²) in [5.41, 5.74) is 3.74. The summed E-state index contributed by atoms with van der Waals surface area (Å²) in [4.78, 5) is 15.5. The second kappa shape index (κ2) is 13.1. The number of benzene rings is 4. The zero-order valence-corrected chi connectivity index (χ0v) is 24.3. The Labute approximate surface area is 250 Å². The quantitative estimate of drug-likeness (QED) is 0.181. The minimum atomic E-state index is -0.298. The molecule has 0 fully saturated rings. The number of aryl methyl sites for hydroxylation is 1. The molecule has 2 amide bonds. The molecule has 0 unspecified atom stereocenters. The van der Waals surface area contributed by atoms with Crippen LogP contribution in [-0.4, -0.2) is 34.9 Å². The number of amides is 2. The van der Waals surface area contributed by atoms with Crippen LogP contribution in [0.4, 0.5) is 10.5 Å². The van der Waals surface area contributed by atoms with Crippen molar-refractivity contribution in [2.75, 3.05) is 19.5 Å². The first-order valence-electron chi connectivity index (χ1n) is 13.3. The summed E-state index contributed by atoms with van der Waals surface area (Å²) in [6.07, 6.45) is 0. The lowest BCUT2D eigenvalue weighted by atomic mass is 10.2. The fraction of sp³-hybridized carbons (Fsp3) is 0.152. The van der Waals surface area contributed by atoms with Crippen LogP contribution >= 0.6 is 11.6 Å². The van der Waals surface area contributed by atoms with Crippen LogP contribution in [-0.2, 0) is 13.1 Å². The molecule has 5 aromatic rings. The van der Waals surface area contributed by atoms with Crippen molar-refractivity contribution >= 4 is 23.3 Å². The highest BCUT2D eigenvalue weighted by Crippen LogP contribution is 2.34. The molecule has 0 aliphatic rings. The average Bonchev–Trinajstić information content (AvgIpc) is 3.32. The molecule has 8 nitrogen and oxygen atoms in total. The SMILES string of the molecule is COc1ccc(Oc2c(CN(Cc3ccccc3)C(=O)Nc3ccccc3OC)c(C)nn2-c2cccc(Cl)c2)cc1. The molecule has 0 saturated carbocycles. The maximum atomic E-state index is 13.8. The third-order valence-corrected chi connectivity index (χ3v) is 6.90.